The minimum Gasteiger partial charge on any atom is -0.404 e. The van der Waals surface area contributed by atoms with Gasteiger partial charge >= 0.3 is 0 Å². The number of benzene rings is 1. The van der Waals surface area contributed by atoms with Crippen LogP contribution in [0.1, 0.15) is 17.0 Å². The predicted octanol–water partition coefficient (Wildman–Crippen LogP) is 4.34. The molecule has 1 amide bonds. The average molecular weight is 494 g/mol. The van der Waals surface area contributed by atoms with Gasteiger partial charge in [0.1, 0.15) is 5.82 Å². The number of anilines is 1. The van der Waals surface area contributed by atoms with Gasteiger partial charge in [-0.05, 0) is 48.9 Å². The van der Waals surface area contributed by atoms with Gasteiger partial charge in [-0.25, -0.2) is 9.67 Å². The molecule has 0 aliphatic carbocycles. The van der Waals surface area contributed by atoms with Crippen LogP contribution in [0.5, 0.6) is 0 Å². The average Bonchev–Trinajstić information content (AvgIpc) is 3.25. The second-order valence-corrected chi connectivity index (χ2v) is 8.25. The first-order chi connectivity index (χ1) is 16.4. The molecule has 34 heavy (non-hydrogen) atoms. The summed E-state index contributed by atoms with van der Waals surface area (Å²) in [6.45, 7) is 2.39. The van der Waals surface area contributed by atoms with Crippen LogP contribution >= 0.6 is 23.2 Å². The number of rotatable bonds is 7. The van der Waals surface area contributed by atoms with E-state index in [-0.39, 0.29) is 5.57 Å². The second kappa shape index (κ2) is 9.94. The molecule has 0 fully saturated rings. The normalized spacial score (nSPS) is 11.4. The van der Waals surface area contributed by atoms with Gasteiger partial charge in [-0.2, -0.15) is 0 Å². The van der Waals surface area contributed by atoms with E-state index in [9.17, 15) is 4.79 Å². The minimum atomic E-state index is -0.662. The third kappa shape index (κ3) is 5.03. The van der Waals surface area contributed by atoms with Crippen LogP contribution in [-0.4, -0.2) is 25.7 Å². The maximum absolute atomic E-state index is 11.8. The number of amides is 1. The minimum absolute atomic E-state index is 0.125. The highest BCUT2D eigenvalue weighted by Gasteiger charge is 2.16. The lowest BCUT2D eigenvalue weighted by Crippen LogP contribution is -2.15. The fourth-order valence-corrected chi connectivity index (χ4v) is 3.69. The van der Waals surface area contributed by atoms with Gasteiger partial charge in [-0.15, -0.1) is 5.10 Å². The lowest BCUT2D eigenvalue weighted by atomic mass is 10.1. The fraction of sp³-hybridized carbons (Fsp3) is 0.0833. The van der Waals surface area contributed by atoms with E-state index in [4.69, 9.17) is 39.8 Å². The molecule has 0 saturated heterocycles. The Balaban J connectivity index is 1.74. The molecular weight excluding hydrogens is 473 g/mol. The molecule has 8 nitrogen and oxygen atoms in total. The maximum atomic E-state index is 11.8. The van der Waals surface area contributed by atoms with E-state index in [0.29, 0.717) is 33.9 Å². The third-order valence-corrected chi connectivity index (χ3v) is 5.76. The zero-order valence-corrected chi connectivity index (χ0v) is 19.7. The van der Waals surface area contributed by atoms with Gasteiger partial charge < -0.3 is 16.8 Å². The Morgan fingerprint density at radius 1 is 1.12 bits per heavy atom. The van der Waals surface area contributed by atoms with E-state index in [0.717, 1.165) is 28.7 Å². The Bertz CT molecular complexity index is 1400. The summed E-state index contributed by atoms with van der Waals surface area (Å²) >= 11 is 12.1. The van der Waals surface area contributed by atoms with Gasteiger partial charge in [0, 0.05) is 36.3 Å². The van der Waals surface area contributed by atoms with Crippen molar-refractivity contribution in [1.82, 2.24) is 19.7 Å². The van der Waals surface area contributed by atoms with Crippen molar-refractivity contribution in [2.75, 3.05) is 5.32 Å². The summed E-state index contributed by atoms with van der Waals surface area (Å²) in [6, 6.07) is 16.6. The Hall–Kier alpha value is -3.88. The van der Waals surface area contributed by atoms with Crippen molar-refractivity contribution in [2.24, 2.45) is 11.5 Å². The van der Waals surface area contributed by atoms with Crippen LogP contribution in [0.15, 0.2) is 67.0 Å². The zero-order chi connectivity index (χ0) is 24.2. The van der Waals surface area contributed by atoms with E-state index in [2.05, 4.69) is 15.3 Å². The van der Waals surface area contributed by atoms with Crippen molar-refractivity contribution >= 4 is 40.5 Å². The van der Waals surface area contributed by atoms with Crippen LogP contribution in [0, 0.1) is 6.92 Å². The molecule has 0 spiro atoms. The summed E-state index contributed by atoms with van der Waals surface area (Å²) in [5.41, 5.74) is 14.8. The monoisotopic (exact) mass is 493 g/mol. The Morgan fingerprint density at radius 2 is 1.94 bits per heavy atom. The number of nitrogens with zero attached hydrogens (tertiary/aromatic N) is 4. The highest BCUT2D eigenvalue weighted by molar-refractivity contribution is 6.42. The zero-order valence-electron chi connectivity index (χ0n) is 18.2. The van der Waals surface area contributed by atoms with Gasteiger partial charge in [0.25, 0.3) is 5.91 Å². The summed E-state index contributed by atoms with van der Waals surface area (Å²) < 4.78 is 1.72. The van der Waals surface area contributed by atoms with E-state index >= 15 is 0 Å². The number of aryl methyl sites for hydroxylation is 1. The van der Waals surface area contributed by atoms with Crippen molar-refractivity contribution in [3.8, 4) is 17.1 Å². The van der Waals surface area contributed by atoms with Crippen LogP contribution in [0.4, 0.5) is 5.82 Å². The summed E-state index contributed by atoms with van der Waals surface area (Å²) in [5.74, 6) is 0.595. The SMILES string of the molecule is Cc1cccc(-n2nc(NCc3ccc(Cl)c(Cl)c3)cc2-c2ccnc(C(=CN)C(N)=O)c2)n1. The Labute approximate surface area is 206 Å². The van der Waals surface area contributed by atoms with Gasteiger partial charge in [0.15, 0.2) is 5.82 Å². The number of halogens is 2. The smallest absolute Gasteiger partial charge is 0.252 e. The molecule has 0 aliphatic heterocycles. The van der Waals surface area contributed by atoms with Crippen LogP contribution in [0.3, 0.4) is 0 Å². The van der Waals surface area contributed by atoms with Gasteiger partial charge in [-0.1, -0.05) is 35.3 Å². The van der Waals surface area contributed by atoms with E-state index in [1.54, 1.807) is 29.1 Å². The number of hydrogen-bond acceptors (Lipinski definition) is 6. The Kier molecular flexibility index (Phi) is 6.81. The molecule has 3 heterocycles. The highest BCUT2D eigenvalue weighted by Crippen LogP contribution is 2.28. The summed E-state index contributed by atoms with van der Waals surface area (Å²) in [7, 11) is 0. The van der Waals surface area contributed by atoms with Gasteiger partial charge in [0.2, 0.25) is 0 Å². The van der Waals surface area contributed by atoms with Crippen molar-refractivity contribution in [1.29, 1.82) is 0 Å². The maximum Gasteiger partial charge on any atom is 0.252 e. The predicted molar refractivity (Wildman–Crippen MR) is 134 cm³/mol. The summed E-state index contributed by atoms with van der Waals surface area (Å²) in [6.07, 6.45) is 2.74. The van der Waals surface area contributed by atoms with E-state index in [1.165, 1.54) is 0 Å². The second-order valence-electron chi connectivity index (χ2n) is 7.44. The Morgan fingerprint density at radius 3 is 2.65 bits per heavy atom. The lowest BCUT2D eigenvalue weighted by Gasteiger charge is -2.09. The molecule has 172 valence electrons. The first-order valence-electron chi connectivity index (χ1n) is 10.3. The number of pyridine rings is 2. The van der Waals surface area contributed by atoms with Crippen molar-refractivity contribution in [2.45, 2.75) is 13.5 Å². The van der Waals surface area contributed by atoms with Gasteiger partial charge in [-0.3, -0.25) is 9.78 Å². The molecule has 1 aromatic carbocycles. The fourth-order valence-electron chi connectivity index (χ4n) is 3.37. The number of carbonyl (C=O) groups excluding carboxylic acids is 1. The first kappa shape index (κ1) is 23.3. The first-order valence-corrected chi connectivity index (χ1v) is 11.0. The summed E-state index contributed by atoms with van der Waals surface area (Å²) in [4.78, 5) is 20.6. The van der Waals surface area contributed by atoms with Crippen molar-refractivity contribution < 1.29 is 4.79 Å². The molecule has 0 unspecified atom stereocenters. The number of hydrogen-bond donors (Lipinski definition) is 3. The van der Waals surface area contributed by atoms with Crippen LogP contribution in [0.25, 0.3) is 22.6 Å². The van der Waals surface area contributed by atoms with Crippen LogP contribution in [0.2, 0.25) is 10.0 Å². The summed E-state index contributed by atoms with van der Waals surface area (Å²) in [5, 5.41) is 9.01. The van der Waals surface area contributed by atoms with E-state index in [1.807, 2.05) is 43.3 Å². The highest BCUT2D eigenvalue weighted by atomic mass is 35.5. The van der Waals surface area contributed by atoms with Crippen LogP contribution < -0.4 is 16.8 Å². The van der Waals surface area contributed by atoms with Crippen LogP contribution in [-0.2, 0) is 11.3 Å². The van der Waals surface area contributed by atoms with Crippen molar-refractivity contribution in [3.63, 3.8) is 0 Å². The molecule has 0 radical (unpaired) electrons. The number of aromatic nitrogens is 4. The third-order valence-electron chi connectivity index (χ3n) is 5.02. The molecule has 4 aromatic rings. The molecule has 0 bridgehead atoms. The molecule has 0 aliphatic rings. The molecule has 0 saturated carbocycles. The molecular formula is C24H21Cl2N7O. The molecule has 3 aromatic heterocycles. The number of primary amides is 1. The van der Waals surface area contributed by atoms with Crippen molar-refractivity contribution in [3.05, 3.63) is 94.0 Å². The standard InChI is InChI=1S/C24H21Cl2N7O/c1-14-3-2-4-23(31-14)33-21(16-7-8-29-20(10-16)17(12-27)24(28)34)11-22(32-33)30-13-15-5-6-18(25)19(26)9-15/h2-12H,13,27H2,1H3,(H2,28,34)(H,30,32). The number of carbonyl (C=O) groups is 1. The van der Waals surface area contributed by atoms with Gasteiger partial charge in [0.05, 0.1) is 27.0 Å². The largest absolute Gasteiger partial charge is 0.404 e. The lowest BCUT2D eigenvalue weighted by molar-refractivity contribution is -0.112. The molecule has 5 N–H and O–H groups in total. The molecule has 0 atom stereocenters. The number of nitrogens with one attached hydrogen (secondary N) is 1. The quantitative estimate of drug-likeness (QED) is 0.328. The number of nitrogens with two attached hydrogens (primary N) is 2. The van der Waals surface area contributed by atoms with E-state index < -0.39 is 5.91 Å². The topological polar surface area (TPSA) is 125 Å². The molecule has 10 heteroatoms. The molecule has 4 rings (SSSR count).